The maximum atomic E-state index is 10.4. The van der Waals surface area contributed by atoms with E-state index in [4.69, 9.17) is 20.2 Å². The van der Waals surface area contributed by atoms with Crippen molar-refractivity contribution in [3.8, 4) is 11.8 Å². The first kappa shape index (κ1) is 12.0. The van der Waals surface area contributed by atoms with Gasteiger partial charge in [0.05, 0.1) is 12.7 Å². The van der Waals surface area contributed by atoms with E-state index in [1.165, 1.54) is 13.2 Å². The van der Waals surface area contributed by atoms with Crippen LogP contribution in [0, 0.1) is 11.3 Å². The summed E-state index contributed by atoms with van der Waals surface area (Å²) in [6.45, 7) is 0. The van der Waals surface area contributed by atoms with E-state index in [1.807, 2.05) is 6.07 Å². The third-order valence-electron chi connectivity index (χ3n) is 2.10. The fourth-order valence-electron chi connectivity index (χ4n) is 1.28. The molecule has 1 rings (SSSR count). The van der Waals surface area contributed by atoms with Crippen LogP contribution in [0.3, 0.4) is 0 Å². The molecule has 0 saturated carbocycles. The maximum Gasteiger partial charge on any atom is 0.332 e. The van der Waals surface area contributed by atoms with Gasteiger partial charge in [0, 0.05) is 6.42 Å². The van der Waals surface area contributed by atoms with Crippen LogP contribution < -0.4 is 4.74 Å². The summed E-state index contributed by atoms with van der Waals surface area (Å²) in [6.07, 6.45) is -1.49. The van der Waals surface area contributed by atoms with Gasteiger partial charge in [0.25, 0.3) is 0 Å². The highest BCUT2D eigenvalue weighted by molar-refractivity contribution is 5.72. The van der Waals surface area contributed by atoms with E-state index >= 15 is 0 Å². The molecule has 1 aromatic carbocycles. The van der Waals surface area contributed by atoms with E-state index in [1.54, 1.807) is 12.1 Å². The molecule has 0 aliphatic heterocycles. The van der Waals surface area contributed by atoms with E-state index in [-0.39, 0.29) is 6.42 Å². The Balaban J connectivity index is 2.92. The molecule has 0 amide bonds. The molecule has 0 aromatic heterocycles. The quantitative estimate of drug-likeness (QED) is 0.775. The van der Waals surface area contributed by atoms with Gasteiger partial charge in [-0.3, -0.25) is 0 Å². The van der Waals surface area contributed by atoms with Gasteiger partial charge in [-0.15, -0.1) is 0 Å². The van der Waals surface area contributed by atoms with Crippen molar-refractivity contribution in [3.05, 3.63) is 29.3 Å². The Morgan fingerprint density at radius 1 is 1.62 bits per heavy atom. The minimum atomic E-state index is -1.46. The van der Waals surface area contributed by atoms with Crippen LogP contribution in [0.25, 0.3) is 0 Å². The number of benzene rings is 1. The minimum Gasteiger partial charge on any atom is -0.495 e. The van der Waals surface area contributed by atoms with Crippen LogP contribution in [-0.4, -0.2) is 29.4 Å². The number of carboxylic acid groups (broad SMARTS) is 1. The molecule has 1 unspecified atom stereocenters. The molecular formula is C11H11NO4. The molecule has 0 fully saturated rings. The third kappa shape index (κ3) is 2.72. The van der Waals surface area contributed by atoms with Crippen LogP contribution in [0.4, 0.5) is 0 Å². The first-order valence-corrected chi connectivity index (χ1v) is 4.56. The van der Waals surface area contributed by atoms with Crippen LogP contribution in [0.1, 0.15) is 11.1 Å². The zero-order valence-corrected chi connectivity index (χ0v) is 8.67. The second-order valence-corrected chi connectivity index (χ2v) is 3.20. The minimum absolute atomic E-state index is 0.0337. The van der Waals surface area contributed by atoms with Crippen LogP contribution in [0.5, 0.6) is 5.75 Å². The van der Waals surface area contributed by atoms with Crippen LogP contribution in [0.15, 0.2) is 18.2 Å². The molecule has 0 aliphatic rings. The van der Waals surface area contributed by atoms with Crippen molar-refractivity contribution in [1.29, 1.82) is 5.26 Å². The van der Waals surface area contributed by atoms with Gasteiger partial charge in [-0.25, -0.2) is 4.79 Å². The Hall–Kier alpha value is -2.06. The fourth-order valence-corrected chi connectivity index (χ4v) is 1.28. The topological polar surface area (TPSA) is 90.6 Å². The molecule has 1 aromatic rings. The van der Waals surface area contributed by atoms with E-state index in [2.05, 4.69) is 0 Å². The highest BCUT2D eigenvalue weighted by atomic mass is 16.5. The predicted octanol–water partition coefficient (Wildman–Crippen LogP) is 0.555. The highest BCUT2D eigenvalue weighted by Gasteiger charge is 2.14. The smallest absolute Gasteiger partial charge is 0.332 e. The van der Waals surface area contributed by atoms with Gasteiger partial charge in [0.15, 0.2) is 6.10 Å². The second-order valence-electron chi connectivity index (χ2n) is 3.20. The molecule has 2 N–H and O–H groups in total. The number of nitriles is 1. The second kappa shape index (κ2) is 5.14. The molecular weight excluding hydrogens is 210 g/mol. The average Bonchev–Trinajstić information content (AvgIpc) is 2.28. The standard InChI is InChI=1S/C11H11NO4/c1-16-10-3-2-7(4-8(10)6-12)5-9(13)11(14)15/h2-4,9,13H,5H2,1H3,(H,14,15). The molecule has 0 bridgehead atoms. The van der Waals surface area contributed by atoms with Crippen molar-refractivity contribution in [1.82, 2.24) is 0 Å². The number of methoxy groups -OCH3 is 1. The van der Waals surface area contributed by atoms with Gasteiger partial charge in [-0.2, -0.15) is 5.26 Å². The van der Waals surface area contributed by atoms with Gasteiger partial charge < -0.3 is 14.9 Å². The van der Waals surface area contributed by atoms with Gasteiger partial charge in [-0.1, -0.05) is 6.07 Å². The summed E-state index contributed by atoms with van der Waals surface area (Å²) in [5.41, 5.74) is 0.893. The SMILES string of the molecule is COc1ccc(CC(O)C(=O)O)cc1C#N. The summed E-state index contributed by atoms with van der Waals surface area (Å²) in [5.74, 6) is -0.856. The molecule has 0 aliphatic carbocycles. The molecule has 1 atom stereocenters. The van der Waals surface area contributed by atoms with Gasteiger partial charge in [-0.05, 0) is 17.7 Å². The van der Waals surface area contributed by atoms with E-state index in [0.717, 1.165) is 0 Å². The number of aliphatic hydroxyl groups excluding tert-OH is 1. The van der Waals surface area contributed by atoms with Crippen LogP contribution >= 0.6 is 0 Å². The molecule has 16 heavy (non-hydrogen) atoms. The van der Waals surface area contributed by atoms with E-state index in [9.17, 15) is 4.79 Å². The number of ether oxygens (including phenoxy) is 1. The Morgan fingerprint density at radius 2 is 2.31 bits per heavy atom. The molecule has 0 heterocycles. The summed E-state index contributed by atoms with van der Waals surface area (Å²) in [4.78, 5) is 10.4. The summed E-state index contributed by atoms with van der Waals surface area (Å²) < 4.78 is 4.94. The summed E-state index contributed by atoms with van der Waals surface area (Å²) in [7, 11) is 1.45. The van der Waals surface area contributed by atoms with Crippen molar-refractivity contribution in [2.24, 2.45) is 0 Å². The first-order valence-electron chi connectivity index (χ1n) is 4.56. The lowest BCUT2D eigenvalue weighted by Gasteiger charge is -2.07. The Morgan fingerprint density at radius 3 is 2.81 bits per heavy atom. The van der Waals surface area contributed by atoms with Crippen LogP contribution in [0.2, 0.25) is 0 Å². The Bertz CT molecular complexity index is 436. The lowest BCUT2D eigenvalue weighted by Crippen LogP contribution is -2.21. The number of hydrogen-bond donors (Lipinski definition) is 2. The first-order chi connectivity index (χ1) is 7.58. The highest BCUT2D eigenvalue weighted by Crippen LogP contribution is 2.19. The molecule has 5 heteroatoms. The van der Waals surface area contributed by atoms with E-state index < -0.39 is 12.1 Å². The Kier molecular flexibility index (Phi) is 3.86. The monoisotopic (exact) mass is 221 g/mol. The fraction of sp³-hybridized carbons (Fsp3) is 0.273. The number of hydrogen-bond acceptors (Lipinski definition) is 4. The van der Waals surface area contributed by atoms with Crippen molar-refractivity contribution >= 4 is 5.97 Å². The predicted molar refractivity (Wildman–Crippen MR) is 55.1 cm³/mol. The van der Waals surface area contributed by atoms with Crippen molar-refractivity contribution < 1.29 is 19.7 Å². The third-order valence-corrected chi connectivity index (χ3v) is 2.10. The number of nitrogens with zero attached hydrogens (tertiary/aromatic N) is 1. The average molecular weight is 221 g/mol. The van der Waals surface area contributed by atoms with Crippen molar-refractivity contribution in [3.63, 3.8) is 0 Å². The zero-order chi connectivity index (χ0) is 12.1. The van der Waals surface area contributed by atoms with Gasteiger partial charge in [0.2, 0.25) is 0 Å². The van der Waals surface area contributed by atoms with Crippen molar-refractivity contribution in [2.45, 2.75) is 12.5 Å². The van der Waals surface area contributed by atoms with E-state index in [0.29, 0.717) is 16.9 Å². The van der Waals surface area contributed by atoms with Crippen molar-refractivity contribution in [2.75, 3.05) is 7.11 Å². The van der Waals surface area contributed by atoms with Crippen LogP contribution in [-0.2, 0) is 11.2 Å². The van der Waals surface area contributed by atoms with Gasteiger partial charge in [0.1, 0.15) is 11.8 Å². The summed E-state index contributed by atoms with van der Waals surface area (Å²) >= 11 is 0. The number of aliphatic hydroxyl groups is 1. The molecule has 84 valence electrons. The number of aliphatic carboxylic acids is 1. The lowest BCUT2D eigenvalue weighted by atomic mass is 10.0. The lowest BCUT2D eigenvalue weighted by molar-refractivity contribution is -0.146. The largest absolute Gasteiger partial charge is 0.495 e. The van der Waals surface area contributed by atoms with Gasteiger partial charge >= 0.3 is 5.97 Å². The molecule has 5 nitrogen and oxygen atoms in total. The number of carboxylic acids is 1. The number of rotatable bonds is 4. The number of carbonyl (C=O) groups is 1. The Labute approximate surface area is 92.5 Å². The normalized spacial score (nSPS) is 11.6. The molecule has 0 saturated heterocycles. The summed E-state index contributed by atoms with van der Waals surface area (Å²) in [5, 5.41) is 26.5. The molecule has 0 spiro atoms. The molecule has 0 radical (unpaired) electrons. The maximum absolute atomic E-state index is 10.4. The zero-order valence-electron chi connectivity index (χ0n) is 8.67. The summed E-state index contributed by atoms with van der Waals surface area (Å²) in [6, 6.07) is 6.63.